The highest BCUT2D eigenvalue weighted by Crippen LogP contribution is 2.26. The van der Waals surface area contributed by atoms with Gasteiger partial charge >= 0.3 is 6.01 Å². The van der Waals surface area contributed by atoms with Crippen molar-refractivity contribution in [2.75, 3.05) is 24.3 Å². The molecule has 0 atom stereocenters. The van der Waals surface area contributed by atoms with Crippen LogP contribution in [0.25, 0.3) is 0 Å². The topological polar surface area (TPSA) is 72.0 Å². The number of anilines is 3. The van der Waals surface area contributed by atoms with Crippen molar-refractivity contribution in [1.82, 2.24) is 15.0 Å². The molecule has 0 aliphatic heterocycles. The van der Waals surface area contributed by atoms with Crippen molar-refractivity contribution < 1.29 is 13.5 Å². The van der Waals surface area contributed by atoms with E-state index in [1.54, 1.807) is 14.0 Å². The van der Waals surface area contributed by atoms with Crippen molar-refractivity contribution in [2.24, 2.45) is 0 Å². The second-order valence-corrected chi connectivity index (χ2v) is 4.67. The lowest BCUT2D eigenvalue weighted by Crippen LogP contribution is -2.07. The molecule has 9 heteroatoms. The van der Waals surface area contributed by atoms with Crippen LogP contribution in [0.5, 0.6) is 6.01 Å². The van der Waals surface area contributed by atoms with Crippen LogP contribution in [0.4, 0.5) is 26.4 Å². The smallest absolute Gasteiger partial charge is 0.323 e. The predicted molar refractivity (Wildman–Crippen MR) is 77.9 cm³/mol. The number of halogens is 3. The first-order valence-electron chi connectivity index (χ1n) is 6.01. The maximum Gasteiger partial charge on any atom is 0.323 e. The zero-order chi connectivity index (χ0) is 15.4. The van der Waals surface area contributed by atoms with E-state index in [2.05, 4.69) is 41.5 Å². The van der Waals surface area contributed by atoms with E-state index in [4.69, 9.17) is 4.74 Å². The minimum Gasteiger partial charge on any atom is -0.464 e. The molecular formula is C12H12BrF2N5O. The lowest BCUT2D eigenvalue weighted by molar-refractivity contribution is 0.312. The molecule has 2 aromatic rings. The fourth-order valence-electron chi connectivity index (χ4n) is 1.46. The third-order valence-electron chi connectivity index (χ3n) is 2.37. The van der Waals surface area contributed by atoms with Gasteiger partial charge in [0.25, 0.3) is 0 Å². The van der Waals surface area contributed by atoms with Gasteiger partial charge in [0.05, 0.1) is 16.8 Å². The highest BCUT2D eigenvalue weighted by molar-refractivity contribution is 9.10. The van der Waals surface area contributed by atoms with Crippen LogP contribution in [0.15, 0.2) is 16.6 Å². The molecule has 0 unspecified atom stereocenters. The Bertz CT molecular complexity index is 656. The van der Waals surface area contributed by atoms with E-state index in [1.807, 2.05) is 0 Å². The SMILES string of the molecule is CCOc1nc(NC)nc(Nc2cc(Br)c(F)cc2F)n1. The summed E-state index contributed by atoms with van der Waals surface area (Å²) in [5.41, 5.74) is 0.0268. The first-order valence-corrected chi connectivity index (χ1v) is 6.81. The van der Waals surface area contributed by atoms with Crippen molar-refractivity contribution in [3.05, 3.63) is 28.2 Å². The summed E-state index contributed by atoms with van der Waals surface area (Å²) in [6.45, 7) is 2.16. The van der Waals surface area contributed by atoms with Crippen LogP contribution in [-0.2, 0) is 0 Å². The molecule has 21 heavy (non-hydrogen) atoms. The Hall–Kier alpha value is -2.03. The number of ether oxygens (including phenoxy) is 1. The highest BCUT2D eigenvalue weighted by Gasteiger charge is 2.12. The third kappa shape index (κ3) is 3.75. The van der Waals surface area contributed by atoms with Crippen LogP contribution >= 0.6 is 15.9 Å². The van der Waals surface area contributed by atoms with Gasteiger partial charge in [-0.1, -0.05) is 0 Å². The fraction of sp³-hybridized carbons (Fsp3) is 0.250. The average molecular weight is 360 g/mol. The second kappa shape index (κ2) is 6.61. The van der Waals surface area contributed by atoms with E-state index in [0.717, 1.165) is 6.07 Å². The number of nitrogens with zero attached hydrogens (tertiary/aromatic N) is 3. The van der Waals surface area contributed by atoms with Crippen LogP contribution in [0.1, 0.15) is 6.92 Å². The minimum atomic E-state index is -0.764. The van der Waals surface area contributed by atoms with Crippen LogP contribution < -0.4 is 15.4 Å². The van der Waals surface area contributed by atoms with Crippen molar-refractivity contribution in [3.8, 4) is 6.01 Å². The van der Waals surface area contributed by atoms with E-state index in [1.165, 1.54) is 6.07 Å². The zero-order valence-electron chi connectivity index (χ0n) is 11.2. The van der Waals surface area contributed by atoms with Gasteiger partial charge in [-0.2, -0.15) is 15.0 Å². The van der Waals surface area contributed by atoms with Gasteiger partial charge in [0.1, 0.15) is 11.6 Å². The Kier molecular flexibility index (Phi) is 4.84. The van der Waals surface area contributed by atoms with Crippen molar-refractivity contribution >= 4 is 33.5 Å². The molecule has 0 aliphatic carbocycles. The largest absolute Gasteiger partial charge is 0.464 e. The summed E-state index contributed by atoms with van der Waals surface area (Å²) in [5.74, 6) is -1.12. The van der Waals surface area contributed by atoms with Gasteiger partial charge in [-0.05, 0) is 28.9 Å². The van der Waals surface area contributed by atoms with E-state index in [9.17, 15) is 8.78 Å². The summed E-state index contributed by atoms with van der Waals surface area (Å²) >= 11 is 2.99. The van der Waals surface area contributed by atoms with E-state index in [-0.39, 0.29) is 28.1 Å². The molecule has 1 heterocycles. The zero-order valence-corrected chi connectivity index (χ0v) is 12.8. The molecule has 2 N–H and O–H groups in total. The van der Waals surface area contributed by atoms with Crippen LogP contribution in [-0.4, -0.2) is 28.6 Å². The van der Waals surface area contributed by atoms with Gasteiger partial charge in [-0.3, -0.25) is 0 Å². The average Bonchev–Trinajstić information content (AvgIpc) is 2.45. The molecule has 0 bridgehead atoms. The van der Waals surface area contributed by atoms with Crippen LogP contribution in [0.2, 0.25) is 0 Å². The van der Waals surface area contributed by atoms with Gasteiger partial charge in [-0.25, -0.2) is 8.78 Å². The van der Waals surface area contributed by atoms with Crippen LogP contribution in [0, 0.1) is 11.6 Å². The molecule has 0 spiro atoms. The number of benzene rings is 1. The Morgan fingerprint density at radius 3 is 2.52 bits per heavy atom. The van der Waals surface area contributed by atoms with Crippen molar-refractivity contribution in [3.63, 3.8) is 0 Å². The quantitative estimate of drug-likeness (QED) is 0.799. The molecule has 2 rings (SSSR count). The number of aromatic nitrogens is 3. The number of hydrogen-bond donors (Lipinski definition) is 2. The molecule has 0 radical (unpaired) electrons. The van der Waals surface area contributed by atoms with Gasteiger partial charge in [0, 0.05) is 13.1 Å². The van der Waals surface area contributed by atoms with Crippen molar-refractivity contribution in [1.29, 1.82) is 0 Å². The molecule has 6 nitrogen and oxygen atoms in total. The summed E-state index contributed by atoms with van der Waals surface area (Å²) in [4.78, 5) is 12.0. The minimum absolute atomic E-state index is 0.0268. The molecule has 0 saturated heterocycles. The second-order valence-electron chi connectivity index (χ2n) is 3.82. The van der Waals surface area contributed by atoms with Crippen LogP contribution in [0.3, 0.4) is 0 Å². The summed E-state index contributed by atoms with van der Waals surface area (Å²) in [7, 11) is 1.63. The lowest BCUT2D eigenvalue weighted by atomic mass is 10.3. The molecular weight excluding hydrogens is 348 g/mol. The maximum atomic E-state index is 13.7. The molecule has 1 aromatic carbocycles. The highest BCUT2D eigenvalue weighted by atomic mass is 79.9. The first kappa shape index (κ1) is 15.4. The van der Waals surface area contributed by atoms with E-state index in [0.29, 0.717) is 6.61 Å². The Labute approximate surface area is 128 Å². The van der Waals surface area contributed by atoms with Gasteiger partial charge in [0.15, 0.2) is 0 Å². The number of rotatable bonds is 5. The number of nitrogens with one attached hydrogen (secondary N) is 2. The van der Waals surface area contributed by atoms with E-state index >= 15 is 0 Å². The van der Waals surface area contributed by atoms with Gasteiger partial charge in [0.2, 0.25) is 11.9 Å². The Morgan fingerprint density at radius 2 is 1.86 bits per heavy atom. The Morgan fingerprint density at radius 1 is 1.14 bits per heavy atom. The standard InChI is InChI=1S/C12H12BrF2N5O/c1-3-21-12-19-10(16-2)18-11(20-12)17-9-4-6(13)7(14)5-8(9)15/h4-5H,3H2,1-2H3,(H2,16,17,18,19,20). The summed E-state index contributed by atoms with van der Waals surface area (Å²) in [6.07, 6.45) is 0. The summed E-state index contributed by atoms with van der Waals surface area (Å²) in [6, 6.07) is 2.12. The molecule has 0 aliphatic rings. The number of hydrogen-bond acceptors (Lipinski definition) is 6. The molecule has 0 fully saturated rings. The predicted octanol–water partition coefficient (Wildman–Crippen LogP) is 3.10. The molecule has 1 aromatic heterocycles. The monoisotopic (exact) mass is 359 g/mol. The maximum absolute atomic E-state index is 13.7. The van der Waals surface area contributed by atoms with Crippen molar-refractivity contribution in [2.45, 2.75) is 6.92 Å². The first-order chi connectivity index (χ1) is 10.0. The lowest BCUT2D eigenvalue weighted by Gasteiger charge is -2.10. The summed E-state index contributed by atoms with van der Waals surface area (Å²) in [5, 5.41) is 5.40. The Balaban J connectivity index is 2.34. The molecule has 112 valence electrons. The van der Waals surface area contributed by atoms with Gasteiger partial charge < -0.3 is 15.4 Å². The third-order valence-corrected chi connectivity index (χ3v) is 2.98. The van der Waals surface area contributed by atoms with Gasteiger partial charge in [-0.15, -0.1) is 0 Å². The van der Waals surface area contributed by atoms with E-state index < -0.39 is 11.6 Å². The fourth-order valence-corrected chi connectivity index (χ4v) is 1.80. The summed E-state index contributed by atoms with van der Waals surface area (Å²) < 4.78 is 32.2. The molecule has 0 saturated carbocycles. The molecule has 0 amide bonds. The normalized spacial score (nSPS) is 10.3.